The highest BCUT2D eigenvalue weighted by atomic mass is 16.4. The standard InChI is InChI=1S/C22H25N3O4/c26-20(27)12-11-19(13-15-5-2-1-3-6-15)25-22(29)24-18-8-4-7-17(14-18)23-21(28)16-9-10-16/h1-8,14,16,19H,9-13H2,(H,23,28)(H,26,27)(H2,24,25,29). The van der Waals surface area contributed by atoms with Crippen LogP contribution in [0.3, 0.4) is 0 Å². The van der Waals surface area contributed by atoms with Crippen molar-refractivity contribution in [3.05, 3.63) is 60.2 Å². The fraction of sp³-hybridized carbons (Fsp3) is 0.318. The van der Waals surface area contributed by atoms with E-state index in [2.05, 4.69) is 16.0 Å². The van der Waals surface area contributed by atoms with Crippen LogP contribution < -0.4 is 16.0 Å². The topological polar surface area (TPSA) is 108 Å². The molecular formula is C22H25N3O4. The maximum absolute atomic E-state index is 12.5. The molecule has 0 heterocycles. The molecule has 1 saturated carbocycles. The van der Waals surface area contributed by atoms with Crippen LogP contribution in [0, 0.1) is 5.92 Å². The van der Waals surface area contributed by atoms with Crippen molar-refractivity contribution < 1.29 is 19.5 Å². The van der Waals surface area contributed by atoms with Crippen LogP contribution in [0.4, 0.5) is 16.2 Å². The molecule has 1 fully saturated rings. The van der Waals surface area contributed by atoms with Crippen molar-refractivity contribution in [1.82, 2.24) is 5.32 Å². The lowest BCUT2D eigenvalue weighted by Crippen LogP contribution is -2.39. The van der Waals surface area contributed by atoms with Gasteiger partial charge in [-0.25, -0.2) is 4.79 Å². The van der Waals surface area contributed by atoms with Crippen molar-refractivity contribution in [2.45, 2.75) is 38.1 Å². The molecular weight excluding hydrogens is 370 g/mol. The van der Waals surface area contributed by atoms with Gasteiger partial charge >= 0.3 is 12.0 Å². The SMILES string of the molecule is O=C(O)CCC(Cc1ccccc1)NC(=O)Nc1cccc(NC(=O)C2CC2)c1. The van der Waals surface area contributed by atoms with Gasteiger partial charge in [0.05, 0.1) is 0 Å². The van der Waals surface area contributed by atoms with E-state index in [4.69, 9.17) is 5.11 Å². The molecule has 1 aliphatic carbocycles. The van der Waals surface area contributed by atoms with Crippen LogP contribution in [0.25, 0.3) is 0 Å². The van der Waals surface area contributed by atoms with Crippen molar-refractivity contribution in [1.29, 1.82) is 0 Å². The van der Waals surface area contributed by atoms with Crippen molar-refractivity contribution >= 4 is 29.3 Å². The molecule has 1 atom stereocenters. The summed E-state index contributed by atoms with van der Waals surface area (Å²) in [6, 6.07) is 15.8. The smallest absolute Gasteiger partial charge is 0.319 e. The summed E-state index contributed by atoms with van der Waals surface area (Å²) in [6.07, 6.45) is 2.69. The van der Waals surface area contributed by atoms with E-state index in [-0.39, 0.29) is 24.3 Å². The maximum Gasteiger partial charge on any atom is 0.319 e. The van der Waals surface area contributed by atoms with Gasteiger partial charge in [-0.2, -0.15) is 0 Å². The molecule has 7 heteroatoms. The average Bonchev–Trinajstić information content (AvgIpc) is 3.52. The Hall–Kier alpha value is -3.35. The second-order valence-electron chi connectivity index (χ2n) is 7.26. The zero-order chi connectivity index (χ0) is 20.6. The summed E-state index contributed by atoms with van der Waals surface area (Å²) >= 11 is 0. The Morgan fingerprint density at radius 2 is 1.66 bits per heavy atom. The van der Waals surface area contributed by atoms with Crippen LogP contribution in [0.1, 0.15) is 31.2 Å². The molecule has 0 aromatic heterocycles. The largest absolute Gasteiger partial charge is 0.481 e. The first-order valence-corrected chi connectivity index (χ1v) is 9.74. The zero-order valence-electron chi connectivity index (χ0n) is 16.1. The molecule has 3 rings (SSSR count). The van der Waals surface area contributed by atoms with E-state index in [0.29, 0.717) is 24.2 Å². The second-order valence-corrected chi connectivity index (χ2v) is 7.26. The zero-order valence-corrected chi connectivity index (χ0v) is 16.1. The Labute approximate surface area is 169 Å². The Morgan fingerprint density at radius 1 is 0.966 bits per heavy atom. The first-order valence-electron chi connectivity index (χ1n) is 9.74. The Balaban J connectivity index is 1.58. The molecule has 0 spiro atoms. The predicted octanol–water partition coefficient (Wildman–Crippen LogP) is 3.63. The number of hydrogen-bond acceptors (Lipinski definition) is 3. The number of hydrogen-bond donors (Lipinski definition) is 4. The van der Waals surface area contributed by atoms with Crippen molar-refractivity contribution in [2.75, 3.05) is 10.6 Å². The van der Waals surface area contributed by atoms with Crippen molar-refractivity contribution in [2.24, 2.45) is 5.92 Å². The van der Waals surface area contributed by atoms with E-state index in [0.717, 1.165) is 18.4 Å². The molecule has 0 bridgehead atoms. The van der Waals surface area contributed by atoms with Crippen LogP contribution in [0.15, 0.2) is 54.6 Å². The summed E-state index contributed by atoms with van der Waals surface area (Å²) in [7, 11) is 0. The van der Waals surface area contributed by atoms with E-state index in [9.17, 15) is 14.4 Å². The highest BCUT2D eigenvalue weighted by Crippen LogP contribution is 2.30. The Morgan fingerprint density at radius 3 is 2.31 bits per heavy atom. The van der Waals surface area contributed by atoms with Gasteiger partial charge < -0.3 is 21.1 Å². The third kappa shape index (κ3) is 6.95. The van der Waals surface area contributed by atoms with Gasteiger partial charge in [-0.3, -0.25) is 9.59 Å². The third-order valence-corrected chi connectivity index (χ3v) is 4.70. The number of carboxylic acid groups (broad SMARTS) is 1. The van der Waals surface area contributed by atoms with E-state index < -0.39 is 12.0 Å². The summed E-state index contributed by atoms with van der Waals surface area (Å²) < 4.78 is 0. The Bertz CT molecular complexity index is 865. The van der Waals surface area contributed by atoms with Crippen LogP contribution in [-0.2, 0) is 16.0 Å². The van der Waals surface area contributed by atoms with Gasteiger partial charge in [0.1, 0.15) is 0 Å². The van der Waals surface area contributed by atoms with Crippen LogP contribution in [0.2, 0.25) is 0 Å². The summed E-state index contributed by atoms with van der Waals surface area (Å²) in [5.41, 5.74) is 2.20. The summed E-state index contributed by atoms with van der Waals surface area (Å²) in [6.45, 7) is 0. The Kier molecular flexibility index (Phi) is 6.84. The van der Waals surface area contributed by atoms with Crippen molar-refractivity contribution in [3.8, 4) is 0 Å². The molecule has 7 nitrogen and oxygen atoms in total. The summed E-state index contributed by atoms with van der Waals surface area (Å²) in [4.78, 5) is 35.3. The van der Waals surface area contributed by atoms with Crippen LogP contribution in [-0.4, -0.2) is 29.1 Å². The molecule has 3 amide bonds. The van der Waals surface area contributed by atoms with Gasteiger partial charge in [-0.15, -0.1) is 0 Å². The second kappa shape index (κ2) is 9.73. The number of rotatable bonds is 9. The normalized spacial score (nSPS) is 13.9. The number of urea groups is 1. The minimum atomic E-state index is -0.899. The number of anilines is 2. The minimum absolute atomic E-state index is 0.00296. The number of aliphatic carboxylic acids is 1. The molecule has 1 unspecified atom stereocenters. The molecule has 29 heavy (non-hydrogen) atoms. The van der Waals surface area contributed by atoms with Crippen LogP contribution in [0.5, 0.6) is 0 Å². The molecule has 4 N–H and O–H groups in total. The molecule has 152 valence electrons. The van der Waals surface area contributed by atoms with Crippen LogP contribution >= 0.6 is 0 Å². The molecule has 2 aromatic carbocycles. The molecule has 2 aromatic rings. The lowest BCUT2D eigenvalue weighted by Gasteiger charge is -2.19. The van der Waals surface area contributed by atoms with E-state index in [1.165, 1.54) is 0 Å². The number of carbonyl (C=O) groups excluding carboxylic acids is 2. The lowest BCUT2D eigenvalue weighted by atomic mass is 10.0. The van der Waals surface area contributed by atoms with Gasteiger partial charge in [0, 0.05) is 29.8 Å². The number of nitrogens with one attached hydrogen (secondary N) is 3. The highest BCUT2D eigenvalue weighted by molar-refractivity contribution is 5.95. The summed E-state index contributed by atoms with van der Waals surface area (Å²) in [5, 5.41) is 17.4. The maximum atomic E-state index is 12.5. The minimum Gasteiger partial charge on any atom is -0.481 e. The molecule has 1 aliphatic rings. The van der Waals surface area contributed by atoms with Gasteiger partial charge in [-0.05, 0) is 49.4 Å². The first-order chi connectivity index (χ1) is 14.0. The van der Waals surface area contributed by atoms with Gasteiger partial charge in [0.2, 0.25) is 5.91 Å². The van der Waals surface area contributed by atoms with Gasteiger partial charge in [0.15, 0.2) is 0 Å². The molecule has 0 radical (unpaired) electrons. The first kappa shape index (κ1) is 20.4. The summed E-state index contributed by atoms with van der Waals surface area (Å²) in [5.74, 6) is -0.796. The fourth-order valence-corrected chi connectivity index (χ4v) is 3.04. The quantitative estimate of drug-likeness (QED) is 0.520. The predicted molar refractivity (Wildman–Crippen MR) is 111 cm³/mol. The molecule has 0 aliphatic heterocycles. The average molecular weight is 395 g/mol. The monoisotopic (exact) mass is 395 g/mol. The number of benzene rings is 2. The highest BCUT2D eigenvalue weighted by Gasteiger charge is 2.29. The lowest BCUT2D eigenvalue weighted by molar-refractivity contribution is -0.137. The third-order valence-electron chi connectivity index (χ3n) is 4.70. The van der Waals surface area contributed by atoms with Crippen molar-refractivity contribution in [3.63, 3.8) is 0 Å². The van der Waals surface area contributed by atoms with E-state index >= 15 is 0 Å². The van der Waals surface area contributed by atoms with Gasteiger partial charge in [0.25, 0.3) is 0 Å². The number of carbonyl (C=O) groups is 3. The molecule has 0 saturated heterocycles. The van der Waals surface area contributed by atoms with E-state index in [1.807, 2.05) is 30.3 Å². The number of carboxylic acids is 1. The fourth-order valence-electron chi connectivity index (χ4n) is 3.04. The number of amides is 3. The van der Waals surface area contributed by atoms with E-state index in [1.54, 1.807) is 24.3 Å². The van der Waals surface area contributed by atoms with Gasteiger partial charge in [-0.1, -0.05) is 36.4 Å².